The van der Waals surface area contributed by atoms with Crippen molar-refractivity contribution in [2.45, 2.75) is 32.2 Å². The maximum atomic E-state index is 10.5. The number of hydrogen-bond acceptors (Lipinski definition) is 3. The van der Waals surface area contributed by atoms with Crippen molar-refractivity contribution in [3.8, 4) is 0 Å². The van der Waals surface area contributed by atoms with E-state index in [0.29, 0.717) is 6.42 Å². The van der Waals surface area contributed by atoms with Crippen LogP contribution in [0.1, 0.15) is 26.2 Å². The molecule has 0 fully saturated rings. The Morgan fingerprint density at radius 3 is 2.38 bits per heavy atom. The summed E-state index contributed by atoms with van der Waals surface area (Å²) < 4.78 is 0. The van der Waals surface area contributed by atoms with Gasteiger partial charge in [0.05, 0.1) is 0 Å². The first kappa shape index (κ1) is 11.7. The van der Waals surface area contributed by atoms with Crippen molar-refractivity contribution in [1.82, 2.24) is 10.9 Å². The fourth-order valence-electron chi connectivity index (χ4n) is 0.814. The molecule has 0 saturated heterocycles. The Balaban J connectivity index is 3.80. The topological polar surface area (TPSA) is 98.7 Å². The molecule has 4 N–H and O–H groups in total. The van der Waals surface area contributed by atoms with Crippen molar-refractivity contribution in [3.05, 3.63) is 0 Å². The lowest BCUT2D eigenvalue weighted by atomic mass is 10.1. The number of amides is 1. The molecular weight excluding hydrogens is 176 g/mol. The molecule has 0 aliphatic rings. The van der Waals surface area contributed by atoms with Crippen molar-refractivity contribution in [1.29, 1.82) is 0 Å². The zero-order valence-electron chi connectivity index (χ0n) is 7.41. The van der Waals surface area contributed by atoms with Gasteiger partial charge in [0.1, 0.15) is 6.04 Å². The Hall–Kier alpha value is -1.30. The largest absolute Gasteiger partial charge is 0.480 e. The molecule has 0 rings (SSSR count). The summed E-state index contributed by atoms with van der Waals surface area (Å²) in [5.74, 6) is -1.05. The molecule has 0 saturated carbocycles. The molecule has 0 spiro atoms. The van der Waals surface area contributed by atoms with Crippen LogP contribution >= 0.6 is 0 Å². The second-order valence-electron chi connectivity index (χ2n) is 2.61. The SMILES string of the molecule is CCCC[C@@H](NNC(=O)O)C(=O)O. The normalized spacial score (nSPS) is 12.1. The van der Waals surface area contributed by atoms with Gasteiger partial charge in [0, 0.05) is 0 Å². The van der Waals surface area contributed by atoms with Crippen molar-refractivity contribution in [3.63, 3.8) is 0 Å². The van der Waals surface area contributed by atoms with Crippen LogP contribution in [0.4, 0.5) is 4.79 Å². The first-order chi connectivity index (χ1) is 6.07. The van der Waals surface area contributed by atoms with Gasteiger partial charge in [-0.3, -0.25) is 10.2 Å². The summed E-state index contributed by atoms with van der Waals surface area (Å²) >= 11 is 0. The van der Waals surface area contributed by atoms with Gasteiger partial charge in [-0.15, -0.1) is 0 Å². The van der Waals surface area contributed by atoms with Crippen molar-refractivity contribution in [2.75, 3.05) is 0 Å². The highest BCUT2D eigenvalue weighted by molar-refractivity contribution is 5.74. The number of hydrogen-bond donors (Lipinski definition) is 4. The van der Waals surface area contributed by atoms with E-state index >= 15 is 0 Å². The average Bonchev–Trinajstić information content (AvgIpc) is 2.03. The minimum Gasteiger partial charge on any atom is -0.480 e. The van der Waals surface area contributed by atoms with E-state index in [-0.39, 0.29) is 0 Å². The standard InChI is InChI=1S/C7H14N2O4/c1-2-3-4-5(6(10)11)8-9-7(12)13/h5,8-9H,2-4H2,1H3,(H,10,11)(H,12,13)/t5-/m1/s1. The van der Waals surface area contributed by atoms with E-state index in [1.165, 1.54) is 0 Å². The van der Waals surface area contributed by atoms with E-state index in [4.69, 9.17) is 10.2 Å². The molecule has 0 unspecified atom stereocenters. The number of hydrazine groups is 1. The first-order valence-corrected chi connectivity index (χ1v) is 4.05. The number of rotatable bonds is 6. The van der Waals surface area contributed by atoms with E-state index in [0.717, 1.165) is 12.8 Å². The van der Waals surface area contributed by atoms with Gasteiger partial charge in [0.15, 0.2) is 0 Å². The zero-order valence-corrected chi connectivity index (χ0v) is 7.41. The molecule has 0 aliphatic carbocycles. The Kier molecular flexibility index (Phi) is 5.62. The molecule has 13 heavy (non-hydrogen) atoms. The second-order valence-corrected chi connectivity index (χ2v) is 2.61. The third kappa shape index (κ3) is 5.92. The van der Waals surface area contributed by atoms with Gasteiger partial charge in [-0.25, -0.2) is 10.2 Å². The maximum absolute atomic E-state index is 10.5. The molecule has 76 valence electrons. The van der Waals surface area contributed by atoms with Crippen LogP contribution in [0, 0.1) is 0 Å². The van der Waals surface area contributed by atoms with Gasteiger partial charge < -0.3 is 10.2 Å². The highest BCUT2D eigenvalue weighted by Crippen LogP contribution is 1.99. The van der Waals surface area contributed by atoms with E-state index in [1.807, 2.05) is 12.3 Å². The van der Waals surface area contributed by atoms with Crippen LogP contribution in [0.2, 0.25) is 0 Å². The molecule has 0 radical (unpaired) electrons. The summed E-state index contributed by atoms with van der Waals surface area (Å²) in [5, 5.41) is 16.8. The van der Waals surface area contributed by atoms with Crippen LogP contribution in [0.5, 0.6) is 0 Å². The number of unbranched alkanes of at least 4 members (excludes halogenated alkanes) is 1. The highest BCUT2D eigenvalue weighted by Gasteiger charge is 2.16. The zero-order chi connectivity index (χ0) is 10.3. The number of aliphatic carboxylic acids is 1. The number of carbonyl (C=O) groups is 2. The quantitative estimate of drug-likeness (QED) is 0.454. The smallest absolute Gasteiger partial charge is 0.419 e. The lowest BCUT2D eigenvalue weighted by Crippen LogP contribution is -2.47. The van der Waals surface area contributed by atoms with E-state index < -0.39 is 18.1 Å². The molecule has 0 heterocycles. The van der Waals surface area contributed by atoms with Gasteiger partial charge in [-0.2, -0.15) is 0 Å². The van der Waals surface area contributed by atoms with Gasteiger partial charge in [0.2, 0.25) is 0 Å². The lowest BCUT2D eigenvalue weighted by Gasteiger charge is -2.12. The second kappa shape index (κ2) is 6.24. The van der Waals surface area contributed by atoms with E-state index in [2.05, 4.69) is 5.43 Å². The van der Waals surface area contributed by atoms with Crippen LogP contribution in [0.3, 0.4) is 0 Å². The Bertz CT molecular complexity index is 183. The molecule has 0 aromatic heterocycles. The Morgan fingerprint density at radius 1 is 1.38 bits per heavy atom. The van der Waals surface area contributed by atoms with Crippen molar-refractivity contribution >= 4 is 12.1 Å². The van der Waals surface area contributed by atoms with Gasteiger partial charge in [-0.05, 0) is 6.42 Å². The average molecular weight is 190 g/mol. The monoisotopic (exact) mass is 190 g/mol. The van der Waals surface area contributed by atoms with Gasteiger partial charge in [-0.1, -0.05) is 19.8 Å². The summed E-state index contributed by atoms with van der Waals surface area (Å²) in [7, 11) is 0. The minimum atomic E-state index is -1.29. The predicted molar refractivity (Wildman–Crippen MR) is 45.2 cm³/mol. The molecule has 0 aromatic rings. The first-order valence-electron chi connectivity index (χ1n) is 4.05. The Labute approximate surface area is 75.9 Å². The van der Waals surface area contributed by atoms with Crippen molar-refractivity contribution < 1.29 is 19.8 Å². The van der Waals surface area contributed by atoms with Crippen LogP contribution in [0.15, 0.2) is 0 Å². The molecule has 1 atom stereocenters. The summed E-state index contributed by atoms with van der Waals surface area (Å²) in [6, 6.07) is -0.851. The van der Waals surface area contributed by atoms with Gasteiger partial charge >= 0.3 is 12.1 Å². The summed E-state index contributed by atoms with van der Waals surface area (Å²) in [6.45, 7) is 1.93. The number of nitrogens with one attached hydrogen (secondary N) is 2. The predicted octanol–water partition coefficient (Wildman–Crippen LogP) is 0.402. The van der Waals surface area contributed by atoms with Crippen LogP contribution < -0.4 is 10.9 Å². The molecule has 0 aromatic carbocycles. The Morgan fingerprint density at radius 2 is 2.00 bits per heavy atom. The molecule has 6 heteroatoms. The van der Waals surface area contributed by atoms with E-state index in [1.54, 1.807) is 0 Å². The minimum absolute atomic E-state index is 0.409. The molecular formula is C7H14N2O4. The fraction of sp³-hybridized carbons (Fsp3) is 0.714. The molecule has 0 bridgehead atoms. The third-order valence-electron chi connectivity index (χ3n) is 1.50. The fourth-order valence-corrected chi connectivity index (χ4v) is 0.814. The lowest BCUT2D eigenvalue weighted by molar-refractivity contribution is -0.139. The summed E-state index contributed by atoms with van der Waals surface area (Å²) in [6.07, 6.45) is 0.735. The summed E-state index contributed by atoms with van der Waals surface area (Å²) in [4.78, 5) is 20.6. The van der Waals surface area contributed by atoms with E-state index in [9.17, 15) is 9.59 Å². The summed E-state index contributed by atoms with van der Waals surface area (Å²) in [5.41, 5.74) is 4.03. The number of carboxylic acid groups (broad SMARTS) is 2. The maximum Gasteiger partial charge on any atom is 0.419 e. The van der Waals surface area contributed by atoms with Crippen molar-refractivity contribution in [2.24, 2.45) is 0 Å². The number of carboxylic acids is 1. The van der Waals surface area contributed by atoms with Crippen LogP contribution in [-0.4, -0.2) is 28.3 Å². The molecule has 6 nitrogen and oxygen atoms in total. The van der Waals surface area contributed by atoms with Gasteiger partial charge in [0.25, 0.3) is 0 Å². The highest BCUT2D eigenvalue weighted by atomic mass is 16.4. The molecule has 0 aliphatic heterocycles. The van der Waals surface area contributed by atoms with Crippen LogP contribution in [-0.2, 0) is 4.79 Å². The molecule has 1 amide bonds. The third-order valence-corrected chi connectivity index (χ3v) is 1.50. The van der Waals surface area contributed by atoms with Crippen LogP contribution in [0.25, 0.3) is 0 Å².